The maximum Gasteiger partial charge on any atom is 0.411 e. The van der Waals surface area contributed by atoms with Gasteiger partial charge in [0.25, 0.3) is 0 Å². The van der Waals surface area contributed by atoms with Crippen LogP contribution in [0.3, 0.4) is 0 Å². The van der Waals surface area contributed by atoms with Gasteiger partial charge < -0.3 is 14.4 Å². The van der Waals surface area contributed by atoms with E-state index < -0.39 is 18.2 Å². The van der Waals surface area contributed by atoms with Crippen LogP contribution < -0.4 is 0 Å². The molecule has 0 N–H and O–H groups in total. The lowest BCUT2D eigenvalue weighted by molar-refractivity contribution is -0.153. The number of cyclic esters (lactones) is 1. The summed E-state index contributed by atoms with van der Waals surface area (Å²) in [5, 5.41) is 0. The van der Waals surface area contributed by atoms with Gasteiger partial charge in [0.05, 0.1) is 13.2 Å². The smallest absolute Gasteiger partial charge is 0.411 e. The van der Waals surface area contributed by atoms with Crippen LogP contribution in [0, 0.1) is 0 Å². The van der Waals surface area contributed by atoms with Crippen molar-refractivity contribution >= 4 is 12.1 Å². The number of carbonyl (C=O) groups excluding carboxylic acids is 2. The minimum absolute atomic E-state index is 0.0766. The lowest BCUT2D eigenvalue weighted by atomic mass is 10.1. The van der Waals surface area contributed by atoms with Crippen LogP contribution in [0.1, 0.15) is 24.9 Å². The van der Waals surface area contributed by atoms with Gasteiger partial charge in [-0.25, -0.2) is 9.59 Å². The number of hydrogen-bond donors (Lipinski definition) is 0. The highest BCUT2D eigenvalue weighted by Gasteiger charge is 2.34. The van der Waals surface area contributed by atoms with Crippen LogP contribution in [0.25, 0.3) is 0 Å². The van der Waals surface area contributed by atoms with E-state index >= 15 is 0 Å². The van der Waals surface area contributed by atoms with Crippen molar-refractivity contribution in [3.8, 4) is 0 Å². The maximum atomic E-state index is 11.9. The SMILES string of the molecule is COC(=O)C1CCN([C@H](C)c2ccccc2)C(=O)O1. The van der Waals surface area contributed by atoms with Crippen LogP contribution in [0.5, 0.6) is 0 Å². The molecule has 0 saturated carbocycles. The molecule has 0 bridgehead atoms. The average Bonchev–Trinajstić information content (AvgIpc) is 2.46. The van der Waals surface area contributed by atoms with Gasteiger partial charge in [0.15, 0.2) is 0 Å². The summed E-state index contributed by atoms with van der Waals surface area (Å²) in [6.45, 7) is 2.42. The quantitative estimate of drug-likeness (QED) is 0.784. The predicted molar refractivity (Wildman–Crippen MR) is 68.5 cm³/mol. The van der Waals surface area contributed by atoms with E-state index in [9.17, 15) is 9.59 Å². The fourth-order valence-corrected chi connectivity index (χ4v) is 2.16. The third-order valence-corrected chi connectivity index (χ3v) is 3.32. The van der Waals surface area contributed by atoms with Gasteiger partial charge in [-0.15, -0.1) is 0 Å². The Morgan fingerprint density at radius 3 is 2.68 bits per heavy atom. The molecule has 1 saturated heterocycles. The summed E-state index contributed by atoms with van der Waals surface area (Å²) in [6, 6.07) is 9.64. The Morgan fingerprint density at radius 1 is 1.42 bits per heavy atom. The van der Waals surface area contributed by atoms with E-state index in [4.69, 9.17) is 4.74 Å². The second-order valence-electron chi connectivity index (χ2n) is 4.46. The van der Waals surface area contributed by atoms with Gasteiger partial charge in [-0.3, -0.25) is 0 Å². The van der Waals surface area contributed by atoms with Crippen LogP contribution >= 0.6 is 0 Å². The lowest BCUT2D eigenvalue weighted by Crippen LogP contribution is -2.46. The molecule has 1 aliphatic rings. The molecular weight excluding hydrogens is 246 g/mol. The highest BCUT2D eigenvalue weighted by Crippen LogP contribution is 2.25. The van der Waals surface area contributed by atoms with Crippen LogP contribution in [-0.4, -0.2) is 36.7 Å². The van der Waals surface area contributed by atoms with Crippen molar-refractivity contribution in [2.75, 3.05) is 13.7 Å². The summed E-state index contributed by atoms with van der Waals surface area (Å²) >= 11 is 0. The molecule has 1 aliphatic heterocycles. The van der Waals surface area contributed by atoms with Gasteiger partial charge in [-0.1, -0.05) is 30.3 Å². The molecular formula is C14H17NO4. The third kappa shape index (κ3) is 2.86. The molecule has 1 amide bonds. The van der Waals surface area contributed by atoms with Crippen molar-refractivity contribution < 1.29 is 19.1 Å². The zero-order valence-corrected chi connectivity index (χ0v) is 11.0. The van der Waals surface area contributed by atoms with Gasteiger partial charge in [0, 0.05) is 13.0 Å². The number of nitrogens with zero attached hydrogens (tertiary/aromatic N) is 1. The number of esters is 1. The molecule has 19 heavy (non-hydrogen) atoms. The summed E-state index contributed by atoms with van der Waals surface area (Å²) in [5.41, 5.74) is 1.04. The first-order valence-electron chi connectivity index (χ1n) is 6.23. The summed E-state index contributed by atoms with van der Waals surface area (Å²) < 4.78 is 9.69. The second-order valence-corrected chi connectivity index (χ2v) is 4.46. The molecule has 2 atom stereocenters. The zero-order chi connectivity index (χ0) is 13.8. The fourth-order valence-electron chi connectivity index (χ4n) is 2.16. The summed E-state index contributed by atoms with van der Waals surface area (Å²) in [6.07, 6.45) is -0.801. The minimum atomic E-state index is -0.781. The Balaban J connectivity index is 2.04. The number of ether oxygens (including phenoxy) is 2. The van der Waals surface area contributed by atoms with Crippen molar-refractivity contribution in [1.82, 2.24) is 4.90 Å². The van der Waals surface area contributed by atoms with Crippen molar-refractivity contribution in [3.05, 3.63) is 35.9 Å². The first-order chi connectivity index (χ1) is 9.13. The van der Waals surface area contributed by atoms with Crippen LogP contribution in [0.2, 0.25) is 0 Å². The van der Waals surface area contributed by atoms with Crippen molar-refractivity contribution in [2.45, 2.75) is 25.5 Å². The number of benzene rings is 1. The van der Waals surface area contributed by atoms with Crippen molar-refractivity contribution in [3.63, 3.8) is 0 Å². The molecule has 1 unspecified atom stereocenters. The zero-order valence-electron chi connectivity index (χ0n) is 11.0. The molecule has 0 spiro atoms. The molecule has 0 radical (unpaired) electrons. The molecule has 102 valence electrons. The minimum Gasteiger partial charge on any atom is -0.466 e. The molecule has 1 fully saturated rings. The number of hydrogen-bond acceptors (Lipinski definition) is 4. The fraction of sp³-hybridized carbons (Fsp3) is 0.429. The van der Waals surface area contributed by atoms with Gasteiger partial charge in [0.2, 0.25) is 6.10 Å². The van der Waals surface area contributed by atoms with Crippen LogP contribution in [0.4, 0.5) is 4.79 Å². The average molecular weight is 263 g/mol. The molecule has 0 aliphatic carbocycles. The van der Waals surface area contributed by atoms with E-state index in [1.165, 1.54) is 7.11 Å². The first kappa shape index (κ1) is 13.4. The van der Waals surface area contributed by atoms with Crippen LogP contribution in [-0.2, 0) is 14.3 Å². The lowest BCUT2D eigenvalue weighted by Gasteiger charge is -2.34. The highest BCUT2D eigenvalue weighted by atomic mass is 16.6. The van der Waals surface area contributed by atoms with Gasteiger partial charge in [0.1, 0.15) is 0 Å². The maximum absolute atomic E-state index is 11.9. The Bertz CT molecular complexity index is 460. The molecule has 1 aromatic carbocycles. The van der Waals surface area contributed by atoms with E-state index in [2.05, 4.69) is 4.74 Å². The van der Waals surface area contributed by atoms with Gasteiger partial charge in [-0.05, 0) is 12.5 Å². The second kappa shape index (κ2) is 5.73. The largest absolute Gasteiger partial charge is 0.466 e. The molecule has 5 heteroatoms. The molecule has 5 nitrogen and oxygen atoms in total. The summed E-state index contributed by atoms with van der Waals surface area (Å²) in [5.74, 6) is -0.500. The van der Waals surface area contributed by atoms with E-state index in [-0.39, 0.29) is 6.04 Å². The summed E-state index contributed by atoms with van der Waals surface area (Å²) in [4.78, 5) is 24.9. The normalized spacial score (nSPS) is 20.6. The number of carbonyl (C=O) groups is 2. The van der Waals surface area contributed by atoms with Crippen molar-refractivity contribution in [1.29, 1.82) is 0 Å². The Hall–Kier alpha value is -2.04. The first-order valence-corrected chi connectivity index (χ1v) is 6.23. The number of amides is 1. The van der Waals surface area contributed by atoms with Crippen molar-refractivity contribution in [2.24, 2.45) is 0 Å². The Kier molecular flexibility index (Phi) is 4.04. The molecule has 1 aromatic rings. The molecule has 0 aromatic heterocycles. The number of rotatable bonds is 3. The van der Waals surface area contributed by atoms with Gasteiger partial charge >= 0.3 is 12.1 Å². The standard InChI is InChI=1S/C14H17NO4/c1-10(11-6-4-3-5-7-11)15-9-8-12(13(16)18-2)19-14(15)17/h3-7,10,12H,8-9H2,1-2H3/t10-,12?/m1/s1. The molecule has 1 heterocycles. The molecule has 2 rings (SSSR count). The van der Waals surface area contributed by atoms with E-state index in [0.29, 0.717) is 13.0 Å². The van der Waals surface area contributed by atoms with E-state index in [0.717, 1.165) is 5.56 Å². The monoisotopic (exact) mass is 263 g/mol. The van der Waals surface area contributed by atoms with Crippen LogP contribution in [0.15, 0.2) is 30.3 Å². The van der Waals surface area contributed by atoms with E-state index in [1.807, 2.05) is 37.3 Å². The predicted octanol–water partition coefficient (Wildman–Crippen LogP) is 2.13. The highest BCUT2D eigenvalue weighted by molar-refractivity contribution is 5.80. The Morgan fingerprint density at radius 2 is 2.11 bits per heavy atom. The summed E-state index contributed by atoms with van der Waals surface area (Å²) in [7, 11) is 1.29. The topological polar surface area (TPSA) is 55.8 Å². The number of methoxy groups -OCH3 is 1. The van der Waals surface area contributed by atoms with Gasteiger partial charge in [-0.2, -0.15) is 0 Å². The Labute approximate surface area is 112 Å². The third-order valence-electron chi connectivity index (χ3n) is 3.32. The van der Waals surface area contributed by atoms with E-state index in [1.54, 1.807) is 4.90 Å².